The third kappa shape index (κ3) is 7.45. The summed E-state index contributed by atoms with van der Waals surface area (Å²) in [6, 6.07) is 18.6. The Kier molecular flexibility index (Phi) is 9.50. The van der Waals surface area contributed by atoms with Crippen LogP contribution in [0.3, 0.4) is 0 Å². The largest absolute Gasteiger partial charge is 0.492 e. The fourth-order valence-electron chi connectivity index (χ4n) is 3.94. The van der Waals surface area contributed by atoms with Gasteiger partial charge in [-0.3, -0.25) is 19.3 Å². The van der Waals surface area contributed by atoms with Crippen molar-refractivity contribution in [1.82, 2.24) is 4.90 Å². The molecule has 1 aliphatic heterocycles. The van der Waals surface area contributed by atoms with Gasteiger partial charge in [0.2, 0.25) is 0 Å². The number of thioether (sulfide) groups is 1. The second kappa shape index (κ2) is 13.2. The molecule has 0 saturated carbocycles. The van der Waals surface area contributed by atoms with E-state index in [1.807, 2.05) is 70.2 Å². The quantitative estimate of drug-likeness (QED) is 0.281. The molecule has 3 aromatic rings. The van der Waals surface area contributed by atoms with Gasteiger partial charge in [-0.1, -0.05) is 35.9 Å². The van der Waals surface area contributed by atoms with Crippen LogP contribution in [0.15, 0.2) is 65.6 Å². The molecule has 1 fully saturated rings. The van der Waals surface area contributed by atoms with Crippen LogP contribution in [0.25, 0.3) is 6.08 Å². The number of benzene rings is 3. The molecule has 3 aromatic carbocycles. The van der Waals surface area contributed by atoms with E-state index in [4.69, 9.17) is 14.2 Å². The molecule has 1 heterocycles. The van der Waals surface area contributed by atoms with Gasteiger partial charge < -0.3 is 19.5 Å². The lowest BCUT2D eigenvalue weighted by atomic mass is 10.1. The maximum absolute atomic E-state index is 12.9. The lowest BCUT2D eigenvalue weighted by molar-refractivity contribution is -0.123. The van der Waals surface area contributed by atoms with Crippen molar-refractivity contribution in [2.75, 3.05) is 31.7 Å². The van der Waals surface area contributed by atoms with Crippen molar-refractivity contribution in [3.63, 3.8) is 0 Å². The molecule has 0 radical (unpaired) electrons. The second-order valence-electron chi connectivity index (χ2n) is 9.29. The van der Waals surface area contributed by atoms with Gasteiger partial charge in [0.25, 0.3) is 17.1 Å². The highest BCUT2D eigenvalue weighted by Gasteiger charge is 2.34. The van der Waals surface area contributed by atoms with E-state index in [0.29, 0.717) is 34.3 Å². The van der Waals surface area contributed by atoms with Gasteiger partial charge in [0.1, 0.15) is 12.4 Å². The summed E-state index contributed by atoms with van der Waals surface area (Å²) in [6.07, 6.45) is 1.64. The minimum Gasteiger partial charge on any atom is -0.492 e. The molecule has 4 rings (SSSR count). The Bertz CT molecular complexity index is 1430. The third-order valence-electron chi connectivity index (χ3n) is 6.07. The molecule has 0 atom stereocenters. The average molecular weight is 561 g/mol. The highest BCUT2D eigenvalue weighted by Crippen LogP contribution is 2.34. The number of imide groups is 1. The zero-order valence-electron chi connectivity index (χ0n) is 23.0. The van der Waals surface area contributed by atoms with Crippen LogP contribution in [-0.2, 0) is 9.59 Å². The van der Waals surface area contributed by atoms with E-state index in [2.05, 4.69) is 5.32 Å². The summed E-state index contributed by atoms with van der Waals surface area (Å²) in [5.74, 6) is 0.851. The number of carbonyl (C=O) groups excluding carboxylic acids is 3. The zero-order valence-corrected chi connectivity index (χ0v) is 23.8. The van der Waals surface area contributed by atoms with E-state index in [0.717, 1.165) is 34.1 Å². The molecule has 0 spiro atoms. The number of amides is 3. The first-order valence-corrected chi connectivity index (χ1v) is 13.8. The molecule has 1 aliphatic rings. The number of nitrogens with one attached hydrogen (secondary N) is 1. The molecule has 0 aliphatic carbocycles. The van der Waals surface area contributed by atoms with Crippen LogP contribution < -0.4 is 19.5 Å². The summed E-state index contributed by atoms with van der Waals surface area (Å²) >= 11 is 0.883. The number of ether oxygens (including phenoxy) is 3. The summed E-state index contributed by atoms with van der Waals surface area (Å²) in [4.78, 5) is 39.4. The van der Waals surface area contributed by atoms with Gasteiger partial charge in [0, 0.05) is 5.69 Å². The van der Waals surface area contributed by atoms with Crippen molar-refractivity contribution in [2.45, 2.75) is 27.7 Å². The van der Waals surface area contributed by atoms with Gasteiger partial charge in [-0.05, 0) is 92.6 Å². The van der Waals surface area contributed by atoms with Crippen molar-refractivity contribution >= 4 is 40.6 Å². The smallest absolute Gasteiger partial charge is 0.293 e. The lowest BCUT2D eigenvalue weighted by Crippen LogP contribution is -2.32. The van der Waals surface area contributed by atoms with Gasteiger partial charge in [0.15, 0.2) is 18.1 Å². The van der Waals surface area contributed by atoms with Gasteiger partial charge >= 0.3 is 0 Å². The van der Waals surface area contributed by atoms with E-state index >= 15 is 0 Å². The number of nitrogens with zero attached hydrogens (tertiary/aromatic N) is 1. The first-order valence-electron chi connectivity index (χ1n) is 12.9. The van der Waals surface area contributed by atoms with Crippen LogP contribution in [0, 0.1) is 20.8 Å². The van der Waals surface area contributed by atoms with Crippen LogP contribution >= 0.6 is 11.8 Å². The van der Waals surface area contributed by atoms with E-state index in [9.17, 15) is 14.4 Å². The van der Waals surface area contributed by atoms with Crippen molar-refractivity contribution in [1.29, 1.82) is 0 Å². The highest BCUT2D eigenvalue weighted by molar-refractivity contribution is 8.18. The van der Waals surface area contributed by atoms with Gasteiger partial charge in [-0.25, -0.2) is 0 Å². The summed E-state index contributed by atoms with van der Waals surface area (Å²) in [6.45, 7) is 8.25. The number of hydrogen-bond donors (Lipinski definition) is 1. The summed E-state index contributed by atoms with van der Waals surface area (Å²) in [5.41, 5.74) is 4.53. The monoisotopic (exact) mass is 560 g/mol. The predicted octanol–water partition coefficient (Wildman–Crippen LogP) is 6.14. The Morgan fingerprint density at radius 1 is 0.900 bits per heavy atom. The highest BCUT2D eigenvalue weighted by atomic mass is 32.2. The summed E-state index contributed by atoms with van der Waals surface area (Å²) in [7, 11) is 0. The van der Waals surface area contributed by atoms with Crippen molar-refractivity contribution in [2.24, 2.45) is 0 Å². The summed E-state index contributed by atoms with van der Waals surface area (Å²) < 4.78 is 17.2. The van der Waals surface area contributed by atoms with Crippen molar-refractivity contribution in [3.05, 3.63) is 87.8 Å². The van der Waals surface area contributed by atoms with Crippen LogP contribution in [-0.4, -0.2) is 48.3 Å². The number of rotatable bonds is 11. The van der Waals surface area contributed by atoms with Gasteiger partial charge in [-0.2, -0.15) is 0 Å². The lowest BCUT2D eigenvalue weighted by Gasteiger charge is -2.14. The number of hydrogen-bond acceptors (Lipinski definition) is 7. The Morgan fingerprint density at radius 3 is 2.40 bits per heavy atom. The fraction of sp³-hybridized carbons (Fsp3) is 0.258. The van der Waals surface area contributed by atoms with Crippen molar-refractivity contribution in [3.8, 4) is 17.2 Å². The van der Waals surface area contributed by atoms with Crippen LogP contribution in [0.1, 0.15) is 29.2 Å². The third-order valence-corrected chi connectivity index (χ3v) is 6.98. The number of anilines is 1. The molecule has 3 amide bonds. The van der Waals surface area contributed by atoms with E-state index in [1.165, 1.54) is 4.90 Å². The van der Waals surface area contributed by atoms with Gasteiger partial charge in [0.05, 0.1) is 18.1 Å². The van der Waals surface area contributed by atoms with Crippen LogP contribution in [0.5, 0.6) is 17.2 Å². The number of carbonyl (C=O) groups is 3. The molecule has 8 nitrogen and oxygen atoms in total. The molecule has 0 aromatic heterocycles. The van der Waals surface area contributed by atoms with Gasteiger partial charge in [-0.15, -0.1) is 0 Å². The maximum atomic E-state index is 12.9. The average Bonchev–Trinajstić information content (AvgIpc) is 3.19. The summed E-state index contributed by atoms with van der Waals surface area (Å²) in [5, 5.41) is 2.53. The molecule has 0 bridgehead atoms. The van der Waals surface area contributed by atoms with E-state index < -0.39 is 0 Å². The minimum atomic E-state index is -0.371. The molecular weight excluding hydrogens is 528 g/mol. The number of aryl methyl sites for hydroxylation is 3. The molecular formula is C31H32N2O6S. The SMILES string of the molecule is CCOc1cc(/C=C2\SC(=O)N(CCOc3ccc(C)cc3)C2=O)ccc1OCC(=O)Nc1cc(C)ccc1C. The Labute approximate surface area is 238 Å². The Hall–Kier alpha value is -4.24. The van der Waals surface area contributed by atoms with Crippen LogP contribution in [0.4, 0.5) is 10.5 Å². The first-order chi connectivity index (χ1) is 19.2. The molecule has 0 unspecified atom stereocenters. The molecule has 40 heavy (non-hydrogen) atoms. The van der Waals surface area contributed by atoms with Crippen LogP contribution in [0.2, 0.25) is 0 Å². The maximum Gasteiger partial charge on any atom is 0.293 e. The second-order valence-corrected chi connectivity index (χ2v) is 10.3. The molecule has 1 N–H and O–H groups in total. The van der Waals surface area contributed by atoms with Crippen molar-refractivity contribution < 1.29 is 28.6 Å². The fourth-order valence-corrected chi connectivity index (χ4v) is 4.80. The normalized spacial score (nSPS) is 14.0. The van der Waals surface area contributed by atoms with E-state index in [1.54, 1.807) is 24.3 Å². The standard InChI is InChI=1S/C31H32N2O6S/c1-5-37-27-17-23(10-13-26(27)39-19-29(34)32-25-16-21(3)6-9-22(25)4)18-28-30(35)33(31(36)40-28)14-15-38-24-11-7-20(2)8-12-24/h6-13,16-18H,5,14-15,19H2,1-4H3,(H,32,34)/b28-18-. The predicted molar refractivity (Wildman–Crippen MR) is 157 cm³/mol. The topological polar surface area (TPSA) is 94.2 Å². The molecule has 9 heteroatoms. The first kappa shape index (κ1) is 28.8. The molecule has 1 saturated heterocycles. The van der Waals surface area contributed by atoms with E-state index in [-0.39, 0.29) is 36.8 Å². The Balaban J connectivity index is 1.38. The molecule has 208 valence electrons. The zero-order chi connectivity index (χ0) is 28.6. The minimum absolute atomic E-state index is 0.150. The Morgan fingerprint density at radius 2 is 1.65 bits per heavy atom.